The van der Waals surface area contributed by atoms with Crippen molar-refractivity contribution in [1.29, 1.82) is 0 Å². The normalized spacial score (nSPS) is 14.9. The van der Waals surface area contributed by atoms with Gasteiger partial charge in [-0.15, -0.1) is 0 Å². The number of hydrogen-bond acceptors (Lipinski definition) is 7. The summed E-state index contributed by atoms with van der Waals surface area (Å²) < 4.78 is 5.42. The Balaban J connectivity index is 1.31. The van der Waals surface area contributed by atoms with Crippen LogP contribution in [-0.2, 0) is 11.3 Å². The Hall–Kier alpha value is -3.59. The summed E-state index contributed by atoms with van der Waals surface area (Å²) in [4.78, 5) is 30.0. The highest BCUT2D eigenvalue weighted by atomic mass is 16.6. The standard InChI is InChI=1S/C23H25N5O4/c1-15-4-3-5-18(12-15)22-25-21(32-26-22)14-27-10-8-17(9-11-27)23(29)24-20-13-19(28(30)31)7-6-16(20)2/h3-7,12-13,17H,8-11,14H2,1-2H3,(H,24,29). The van der Waals surface area contributed by atoms with E-state index in [1.807, 2.05) is 38.1 Å². The number of aromatic nitrogens is 2. The second kappa shape index (κ2) is 9.27. The predicted molar refractivity (Wildman–Crippen MR) is 119 cm³/mol. The lowest BCUT2D eigenvalue weighted by molar-refractivity contribution is -0.384. The van der Waals surface area contributed by atoms with Crippen LogP contribution in [0.15, 0.2) is 47.0 Å². The number of nitro groups is 1. The number of aryl methyl sites for hydroxylation is 2. The minimum Gasteiger partial charge on any atom is -0.338 e. The third-order valence-corrected chi connectivity index (χ3v) is 5.75. The molecule has 1 N–H and O–H groups in total. The van der Waals surface area contributed by atoms with Crippen molar-refractivity contribution in [2.75, 3.05) is 18.4 Å². The molecule has 2 heterocycles. The molecule has 166 valence electrons. The molecule has 4 rings (SSSR count). The van der Waals surface area contributed by atoms with Crippen LogP contribution >= 0.6 is 0 Å². The van der Waals surface area contributed by atoms with E-state index in [1.165, 1.54) is 12.1 Å². The fourth-order valence-corrected chi connectivity index (χ4v) is 3.86. The van der Waals surface area contributed by atoms with Crippen molar-refractivity contribution in [2.24, 2.45) is 5.92 Å². The summed E-state index contributed by atoms with van der Waals surface area (Å²) in [6, 6.07) is 12.4. The molecule has 9 heteroatoms. The molecule has 32 heavy (non-hydrogen) atoms. The highest BCUT2D eigenvalue weighted by Crippen LogP contribution is 2.25. The van der Waals surface area contributed by atoms with Gasteiger partial charge in [-0.05, 0) is 51.4 Å². The van der Waals surface area contributed by atoms with E-state index in [0.717, 1.165) is 29.8 Å². The molecule has 3 aromatic rings. The molecule has 0 aliphatic carbocycles. The summed E-state index contributed by atoms with van der Waals surface area (Å²) in [6.07, 6.45) is 1.39. The maximum Gasteiger partial charge on any atom is 0.271 e. The van der Waals surface area contributed by atoms with Crippen LogP contribution < -0.4 is 5.32 Å². The smallest absolute Gasteiger partial charge is 0.271 e. The average molecular weight is 435 g/mol. The van der Waals surface area contributed by atoms with Crippen molar-refractivity contribution in [3.8, 4) is 11.4 Å². The fourth-order valence-electron chi connectivity index (χ4n) is 3.86. The number of likely N-dealkylation sites (tertiary alicyclic amines) is 1. The number of hydrogen-bond donors (Lipinski definition) is 1. The Morgan fingerprint density at radius 3 is 2.72 bits per heavy atom. The van der Waals surface area contributed by atoms with Crippen LogP contribution in [0.1, 0.15) is 29.9 Å². The monoisotopic (exact) mass is 435 g/mol. The van der Waals surface area contributed by atoms with E-state index in [9.17, 15) is 14.9 Å². The van der Waals surface area contributed by atoms with Crippen molar-refractivity contribution in [2.45, 2.75) is 33.2 Å². The van der Waals surface area contributed by atoms with Gasteiger partial charge in [0.2, 0.25) is 17.6 Å². The van der Waals surface area contributed by atoms with Crippen LogP contribution in [-0.4, -0.2) is 39.0 Å². The first-order valence-electron chi connectivity index (χ1n) is 10.6. The third-order valence-electron chi connectivity index (χ3n) is 5.75. The van der Waals surface area contributed by atoms with Crippen LogP contribution in [0.25, 0.3) is 11.4 Å². The first kappa shape index (κ1) is 21.6. The van der Waals surface area contributed by atoms with Gasteiger partial charge in [-0.25, -0.2) is 0 Å². The molecule has 0 radical (unpaired) electrons. The molecule has 1 saturated heterocycles. The van der Waals surface area contributed by atoms with E-state index in [0.29, 0.717) is 36.8 Å². The van der Waals surface area contributed by atoms with Gasteiger partial charge < -0.3 is 9.84 Å². The quantitative estimate of drug-likeness (QED) is 0.458. The van der Waals surface area contributed by atoms with Crippen LogP contribution in [0, 0.1) is 29.9 Å². The number of nitrogens with zero attached hydrogens (tertiary/aromatic N) is 4. The zero-order valence-corrected chi connectivity index (χ0v) is 18.1. The number of nitro benzene ring substituents is 1. The number of amides is 1. The van der Waals surface area contributed by atoms with Crippen molar-refractivity contribution >= 4 is 17.3 Å². The summed E-state index contributed by atoms with van der Waals surface area (Å²) in [5.41, 5.74) is 3.30. The van der Waals surface area contributed by atoms with Gasteiger partial charge in [0.25, 0.3) is 5.69 Å². The molecular weight excluding hydrogens is 410 g/mol. The Labute approximate surface area is 185 Å². The minimum atomic E-state index is -0.463. The number of carbonyl (C=O) groups excluding carboxylic acids is 1. The molecule has 0 spiro atoms. The Kier molecular flexibility index (Phi) is 6.27. The van der Waals surface area contributed by atoms with Gasteiger partial charge in [0.15, 0.2) is 0 Å². The van der Waals surface area contributed by atoms with Crippen molar-refractivity contribution in [1.82, 2.24) is 15.0 Å². The van der Waals surface area contributed by atoms with Crippen molar-refractivity contribution < 1.29 is 14.2 Å². The summed E-state index contributed by atoms with van der Waals surface area (Å²) >= 11 is 0. The number of nitrogens with one attached hydrogen (secondary N) is 1. The van der Waals surface area contributed by atoms with Gasteiger partial charge in [-0.3, -0.25) is 19.8 Å². The van der Waals surface area contributed by atoms with Crippen LogP contribution in [0.4, 0.5) is 11.4 Å². The van der Waals surface area contributed by atoms with Gasteiger partial charge in [-0.2, -0.15) is 4.98 Å². The molecular formula is C23H25N5O4. The van der Waals surface area contributed by atoms with Gasteiger partial charge in [0, 0.05) is 23.6 Å². The molecule has 0 unspecified atom stereocenters. The minimum absolute atomic E-state index is 0.0368. The van der Waals surface area contributed by atoms with Crippen LogP contribution in [0.5, 0.6) is 0 Å². The molecule has 2 aromatic carbocycles. The van der Waals surface area contributed by atoms with E-state index in [1.54, 1.807) is 6.07 Å². The number of rotatable bonds is 6. The predicted octanol–water partition coefficient (Wildman–Crippen LogP) is 4.11. The summed E-state index contributed by atoms with van der Waals surface area (Å²) in [5, 5.41) is 18.0. The molecule has 0 saturated carbocycles. The number of benzene rings is 2. The van der Waals surface area contributed by atoms with E-state index in [4.69, 9.17) is 4.52 Å². The van der Waals surface area contributed by atoms with Crippen molar-refractivity contribution in [3.05, 3.63) is 69.6 Å². The number of carbonyl (C=O) groups is 1. The first-order chi connectivity index (χ1) is 15.4. The fraction of sp³-hybridized carbons (Fsp3) is 0.348. The Bertz CT molecular complexity index is 1130. The third kappa shape index (κ3) is 5.00. The second-order valence-electron chi connectivity index (χ2n) is 8.18. The van der Waals surface area contributed by atoms with Gasteiger partial charge >= 0.3 is 0 Å². The highest BCUT2D eigenvalue weighted by molar-refractivity contribution is 5.93. The molecule has 1 aliphatic rings. The Morgan fingerprint density at radius 1 is 1.22 bits per heavy atom. The van der Waals surface area contributed by atoms with Crippen LogP contribution in [0.2, 0.25) is 0 Å². The number of anilines is 1. The van der Waals surface area contributed by atoms with E-state index >= 15 is 0 Å². The zero-order chi connectivity index (χ0) is 22.7. The second-order valence-corrected chi connectivity index (χ2v) is 8.18. The molecule has 0 bridgehead atoms. The largest absolute Gasteiger partial charge is 0.338 e. The van der Waals surface area contributed by atoms with E-state index in [2.05, 4.69) is 20.4 Å². The average Bonchev–Trinajstić information content (AvgIpc) is 3.24. The zero-order valence-electron chi connectivity index (χ0n) is 18.1. The Morgan fingerprint density at radius 2 is 2.00 bits per heavy atom. The molecule has 0 atom stereocenters. The molecule has 1 aliphatic heterocycles. The summed E-state index contributed by atoms with van der Waals surface area (Å²) in [6.45, 7) is 5.84. The maximum absolute atomic E-state index is 12.7. The number of piperidine rings is 1. The summed E-state index contributed by atoms with van der Waals surface area (Å²) in [7, 11) is 0. The summed E-state index contributed by atoms with van der Waals surface area (Å²) in [5.74, 6) is 0.880. The number of non-ortho nitro benzene ring substituents is 1. The lowest BCUT2D eigenvalue weighted by Gasteiger charge is -2.30. The first-order valence-corrected chi connectivity index (χ1v) is 10.6. The van der Waals surface area contributed by atoms with Gasteiger partial charge in [0.05, 0.1) is 17.2 Å². The van der Waals surface area contributed by atoms with Gasteiger partial charge in [-0.1, -0.05) is 35.0 Å². The SMILES string of the molecule is Cc1cccc(-c2noc(CN3CCC(C(=O)Nc4cc([N+](=O)[O-])ccc4C)CC3)n2)c1. The molecule has 9 nitrogen and oxygen atoms in total. The van der Waals surface area contributed by atoms with Crippen LogP contribution in [0.3, 0.4) is 0 Å². The molecule has 1 fully saturated rings. The highest BCUT2D eigenvalue weighted by Gasteiger charge is 2.26. The maximum atomic E-state index is 12.7. The van der Waals surface area contributed by atoms with Crippen molar-refractivity contribution in [3.63, 3.8) is 0 Å². The lowest BCUT2D eigenvalue weighted by atomic mass is 9.95. The van der Waals surface area contributed by atoms with Gasteiger partial charge in [0.1, 0.15) is 0 Å². The van der Waals surface area contributed by atoms with E-state index in [-0.39, 0.29) is 17.5 Å². The molecule has 1 aromatic heterocycles. The topological polar surface area (TPSA) is 114 Å². The molecule has 1 amide bonds. The van der Waals surface area contributed by atoms with E-state index < -0.39 is 4.92 Å². The lowest BCUT2D eigenvalue weighted by Crippen LogP contribution is -2.37.